The Labute approximate surface area is 167 Å². The van der Waals surface area contributed by atoms with Crippen molar-refractivity contribution in [3.05, 3.63) is 74.9 Å². The number of nitrogens with zero attached hydrogens (tertiary/aromatic N) is 3. The number of amides is 1. The van der Waals surface area contributed by atoms with E-state index in [1.165, 1.54) is 11.5 Å². The Morgan fingerprint density at radius 1 is 0.931 bits per heavy atom. The number of fused-ring (bicyclic) bond motifs is 1. The Morgan fingerprint density at radius 3 is 2.14 bits per heavy atom. The molecule has 0 fully saturated rings. The van der Waals surface area contributed by atoms with E-state index in [0.717, 1.165) is 4.57 Å². The molecule has 0 aliphatic rings. The molecule has 7 heteroatoms. The number of aromatic nitrogens is 2. The first-order valence-electron chi connectivity index (χ1n) is 9.52. The van der Waals surface area contributed by atoms with Gasteiger partial charge in [0.1, 0.15) is 6.54 Å². The molecule has 0 atom stereocenters. The molecule has 3 rings (SSSR count). The predicted octanol–water partition coefficient (Wildman–Crippen LogP) is 2.22. The lowest BCUT2D eigenvalue weighted by atomic mass is 10.1. The van der Waals surface area contributed by atoms with Gasteiger partial charge in [-0.05, 0) is 57.2 Å². The smallest absolute Gasteiger partial charge is 0.336 e. The lowest BCUT2D eigenvalue weighted by Crippen LogP contribution is -2.42. The third-order valence-electron chi connectivity index (χ3n) is 4.99. The van der Waals surface area contributed by atoms with Gasteiger partial charge < -0.3 is 4.90 Å². The molecule has 1 amide bonds. The van der Waals surface area contributed by atoms with Crippen molar-refractivity contribution in [2.45, 2.75) is 27.3 Å². The molecule has 0 aliphatic carbocycles. The van der Waals surface area contributed by atoms with Crippen LogP contribution < -0.4 is 11.2 Å². The molecule has 0 spiro atoms. The van der Waals surface area contributed by atoms with Crippen LogP contribution in [0.1, 0.15) is 31.1 Å². The summed E-state index contributed by atoms with van der Waals surface area (Å²) in [6.07, 6.45) is 0. The highest BCUT2D eigenvalue weighted by atomic mass is 16.2. The number of carbonyl (C=O) groups excluding carboxylic acids is 2. The second-order valence-electron chi connectivity index (χ2n) is 6.70. The summed E-state index contributed by atoms with van der Waals surface area (Å²) in [6, 6.07) is 13.0. The average Bonchev–Trinajstić information content (AvgIpc) is 2.72. The molecule has 1 aromatic heterocycles. The van der Waals surface area contributed by atoms with Crippen molar-refractivity contribution in [2.75, 3.05) is 13.1 Å². The number of rotatable bonds is 6. The number of carbonyl (C=O) groups is 2. The molecule has 29 heavy (non-hydrogen) atoms. The van der Waals surface area contributed by atoms with Gasteiger partial charge in [0.05, 0.1) is 16.6 Å². The number of likely N-dealkylation sites (N-methyl/N-ethyl adjacent to an activating group) is 1. The number of benzene rings is 2. The summed E-state index contributed by atoms with van der Waals surface area (Å²) < 4.78 is 2.37. The Bertz CT molecular complexity index is 1190. The lowest BCUT2D eigenvalue weighted by Gasteiger charge is -2.20. The van der Waals surface area contributed by atoms with Crippen molar-refractivity contribution < 1.29 is 9.59 Å². The van der Waals surface area contributed by atoms with Gasteiger partial charge in [-0.1, -0.05) is 12.1 Å². The van der Waals surface area contributed by atoms with Gasteiger partial charge >= 0.3 is 5.69 Å². The zero-order valence-corrected chi connectivity index (χ0v) is 16.7. The van der Waals surface area contributed by atoms with E-state index in [2.05, 4.69) is 0 Å². The van der Waals surface area contributed by atoms with Crippen molar-refractivity contribution >= 4 is 22.6 Å². The zero-order chi connectivity index (χ0) is 21.1. The van der Waals surface area contributed by atoms with Gasteiger partial charge in [0, 0.05) is 18.7 Å². The fourth-order valence-electron chi connectivity index (χ4n) is 3.36. The van der Waals surface area contributed by atoms with E-state index in [1.54, 1.807) is 53.4 Å². The lowest BCUT2D eigenvalue weighted by molar-refractivity contribution is -0.131. The number of Topliss-reactive ketones (excluding diaryl/α,β-unsaturated/α-hetero) is 1. The Kier molecular flexibility index (Phi) is 5.77. The van der Waals surface area contributed by atoms with Crippen LogP contribution in [0.3, 0.4) is 0 Å². The quantitative estimate of drug-likeness (QED) is 0.602. The van der Waals surface area contributed by atoms with Gasteiger partial charge in [-0.25, -0.2) is 9.36 Å². The highest BCUT2D eigenvalue weighted by Crippen LogP contribution is 2.12. The van der Waals surface area contributed by atoms with Gasteiger partial charge in [-0.15, -0.1) is 0 Å². The summed E-state index contributed by atoms with van der Waals surface area (Å²) in [5.74, 6) is -0.302. The van der Waals surface area contributed by atoms with Gasteiger partial charge in [0.25, 0.3) is 5.56 Å². The first-order valence-corrected chi connectivity index (χ1v) is 9.52. The average molecular weight is 393 g/mol. The minimum absolute atomic E-state index is 0.107. The van der Waals surface area contributed by atoms with Crippen LogP contribution in [0.15, 0.2) is 58.1 Å². The van der Waals surface area contributed by atoms with Crippen LogP contribution in [0.2, 0.25) is 0 Å². The van der Waals surface area contributed by atoms with E-state index in [-0.39, 0.29) is 18.2 Å². The largest absolute Gasteiger partial charge is 0.342 e. The number of hydrogen-bond acceptors (Lipinski definition) is 4. The monoisotopic (exact) mass is 393 g/mol. The van der Waals surface area contributed by atoms with Crippen molar-refractivity contribution in [1.29, 1.82) is 0 Å². The molecular weight excluding hydrogens is 370 g/mol. The first-order chi connectivity index (χ1) is 13.9. The Hall–Kier alpha value is -3.48. The van der Waals surface area contributed by atoms with Gasteiger partial charge in [0.15, 0.2) is 5.78 Å². The minimum atomic E-state index is -0.593. The highest BCUT2D eigenvalue weighted by Gasteiger charge is 2.18. The normalized spacial score (nSPS) is 10.9. The van der Waals surface area contributed by atoms with Crippen LogP contribution >= 0.6 is 0 Å². The summed E-state index contributed by atoms with van der Waals surface area (Å²) >= 11 is 0. The molecule has 0 N–H and O–H groups in total. The first kappa shape index (κ1) is 20.3. The van der Waals surface area contributed by atoms with E-state index >= 15 is 0 Å². The third kappa shape index (κ3) is 3.76. The molecule has 150 valence electrons. The maximum atomic E-state index is 13.2. The fraction of sp³-hybridized carbons (Fsp3) is 0.273. The second-order valence-corrected chi connectivity index (χ2v) is 6.70. The van der Waals surface area contributed by atoms with E-state index in [1.807, 2.05) is 13.8 Å². The zero-order valence-electron chi connectivity index (χ0n) is 16.7. The molecule has 2 aromatic carbocycles. The SMILES string of the molecule is CCN(CC)C(=O)Cn1c(=O)n(-c2ccc(C(C)=O)cc2)c(=O)c2ccccc21. The van der Waals surface area contributed by atoms with Gasteiger partial charge in [-0.3, -0.25) is 19.0 Å². The number of para-hydroxylation sites is 1. The Balaban J connectivity index is 2.24. The van der Waals surface area contributed by atoms with Crippen LogP contribution in [0.5, 0.6) is 0 Å². The van der Waals surface area contributed by atoms with Crippen LogP contribution in [-0.2, 0) is 11.3 Å². The molecule has 1 heterocycles. The van der Waals surface area contributed by atoms with E-state index in [0.29, 0.717) is 35.2 Å². The fourth-order valence-corrected chi connectivity index (χ4v) is 3.36. The van der Waals surface area contributed by atoms with E-state index in [9.17, 15) is 19.2 Å². The summed E-state index contributed by atoms with van der Waals surface area (Å²) in [7, 11) is 0. The number of hydrogen-bond donors (Lipinski definition) is 0. The van der Waals surface area contributed by atoms with Gasteiger partial charge in [-0.2, -0.15) is 0 Å². The van der Waals surface area contributed by atoms with Crippen molar-refractivity contribution in [2.24, 2.45) is 0 Å². The van der Waals surface area contributed by atoms with Crippen molar-refractivity contribution in [3.63, 3.8) is 0 Å². The molecule has 0 saturated carbocycles. The third-order valence-corrected chi connectivity index (χ3v) is 4.99. The minimum Gasteiger partial charge on any atom is -0.342 e. The number of ketones is 1. The molecule has 0 aliphatic heterocycles. The van der Waals surface area contributed by atoms with Crippen LogP contribution in [-0.4, -0.2) is 38.8 Å². The predicted molar refractivity (Wildman–Crippen MR) is 112 cm³/mol. The highest BCUT2D eigenvalue weighted by molar-refractivity contribution is 5.94. The van der Waals surface area contributed by atoms with Crippen LogP contribution in [0.4, 0.5) is 0 Å². The molecule has 0 unspecified atom stereocenters. The topological polar surface area (TPSA) is 81.4 Å². The second kappa shape index (κ2) is 8.26. The van der Waals surface area contributed by atoms with Crippen LogP contribution in [0.25, 0.3) is 16.6 Å². The molecule has 0 saturated heterocycles. The standard InChI is InChI=1S/C22H23N3O4/c1-4-23(5-2)20(27)14-24-19-9-7-6-8-18(19)21(28)25(22(24)29)17-12-10-16(11-13-17)15(3)26/h6-13H,4-5,14H2,1-3H3. The van der Waals surface area contributed by atoms with Gasteiger partial charge in [0.2, 0.25) is 5.91 Å². The molecule has 7 nitrogen and oxygen atoms in total. The maximum absolute atomic E-state index is 13.2. The van der Waals surface area contributed by atoms with Crippen LogP contribution in [0, 0.1) is 0 Å². The van der Waals surface area contributed by atoms with Crippen molar-refractivity contribution in [3.8, 4) is 5.69 Å². The summed E-state index contributed by atoms with van der Waals surface area (Å²) in [5, 5.41) is 0.343. The summed E-state index contributed by atoms with van der Waals surface area (Å²) in [6.45, 7) is 6.11. The maximum Gasteiger partial charge on any atom is 0.336 e. The van der Waals surface area contributed by atoms with E-state index < -0.39 is 11.2 Å². The molecule has 0 radical (unpaired) electrons. The Morgan fingerprint density at radius 2 is 1.55 bits per heavy atom. The summed E-state index contributed by atoms with van der Waals surface area (Å²) in [4.78, 5) is 52.1. The summed E-state index contributed by atoms with van der Waals surface area (Å²) in [5.41, 5.74) is 0.191. The molecule has 3 aromatic rings. The molecule has 0 bridgehead atoms. The van der Waals surface area contributed by atoms with E-state index in [4.69, 9.17) is 0 Å². The van der Waals surface area contributed by atoms with Crippen molar-refractivity contribution in [1.82, 2.24) is 14.0 Å². The molecular formula is C22H23N3O4.